The van der Waals surface area contributed by atoms with Crippen LogP contribution in [-0.4, -0.2) is 26.0 Å². The number of para-hydroxylation sites is 1. The molecule has 0 saturated heterocycles. The molecule has 1 aromatic rings. The third-order valence-electron chi connectivity index (χ3n) is 2.35. The Morgan fingerprint density at radius 1 is 1.39 bits per heavy atom. The number of thioether (sulfide) groups is 1. The van der Waals surface area contributed by atoms with Gasteiger partial charge in [-0.15, -0.1) is 0 Å². The molecule has 0 radical (unpaired) electrons. The van der Waals surface area contributed by atoms with Crippen LogP contribution in [0.3, 0.4) is 0 Å². The van der Waals surface area contributed by atoms with Crippen molar-refractivity contribution < 1.29 is 8.42 Å². The van der Waals surface area contributed by atoms with Gasteiger partial charge in [-0.3, -0.25) is 0 Å². The number of nitrogens with one attached hydrogen (secondary N) is 1. The van der Waals surface area contributed by atoms with E-state index >= 15 is 0 Å². The van der Waals surface area contributed by atoms with Gasteiger partial charge in [0.1, 0.15) is 0 Å². The lowest BCUT2D eigenvalue weighted by atomic mass is 10.2. The maximum atomic E-state index is 11.9. The van der Waals surface area contributed by atoms with E-state index in [0.717, 1.165) is 11.5 Å². The first-order valence-corrected chi connectivity index (χ1v) is 8.66. The number of benzene rings is 1. The molecule has 0 fully saturated rings. The largest absolute Gasteiger partial charge is 0.398 e. The smallest absolute Gasteiger partial charge is 0.216 e. The lowest BCUT2D eigenvalue weighted by molar-refractivity contribution is 0.570. The Kier molecular flexibility index (Phi) is 5.98. The van der Waals surface area contributed by atoms with Crippen LogP contribution in [0.5, 0.6) is 0 Å². The first-order valence-electron chi connectivity index (χ1n) is 5.85. The summed E-state index contributed by atoms with van der Waals surface area (Å²) in [5.41, 5.74) is 6.89. The monoisotopic (exact) mass is 288 g/mol. The van der Waals surface area contributed by atoms with Crippen LogP contribution < -0.4 is 10.5 Å². The Morgan fingerprint density at radius 3 is 2.67 bits per heavy atom. The van der Waals surface area contributed by atoms with Crippen molar-refractivity contribution in [2.45, 2.75) is 25.6 Å². The summed E-state index contributed by atoms with van der Waals surface area (Å²) in [6.07, 6.45) is 0. The molecule has 0 aliphatic heterocycles. The molecule has 0 amide bonds. The zero-order chi connectivity index (χ0) is 13.6. The van der Waals surface area contributed by atoms with E-state index in [9.17, 15) is 8.42 Å². The SMILES string of the molecule is CCSCC(C)NS(=O)(=O)Cc1ccccc1N. The fourth-order valence-corrected chi connectivity index (χ4v) is 3.78. The Labute approximate surface area is 113 Å². The fraction of sp³-hybridized carbons (Fsp3) is 0.500. The predicted octanol–water partition coefficient (Wildman–Crippen LogP) is 1.83. The lowest BCUT2D eigenvalue weighted by Gasteiger charge is -2.14. The van der Waals surface area contributed by atoms with Gasteiger partial charge in [0.05, 0.1) is 5.75 Å². The highest BCUT2D eigenvalue weighted by Gasteiger charge is 2.16. The van der Waals surface area contributed by atoms with Crippen molar-refractivity contribution in [3.63, 3.8) is 0 Å². The van der Waals surface area contributed by atoms with E-state index in [1.807, 2.05) is 6.92 Å². The van der Waals surface area contributed by atoms with Crippen LogP contribution in [0.4, 0.5) is 5.69 Å². The molecule has 6 heteroatoms. The van der Waals surface area contributed by atoms with Gasteiger partial charge in [0.15, 0.2) is 0 Å². The summed E-state index contributed by atoms with van der Waals surface area (Å²) in [5.74, 6) is 1.69. The molecule has 18 heavy (non-hydrogen) atoms. The van der Waals surface area contributed by atoms with Gasteiger partial charge in [0.25, 0.3) is 0 Å². The van der Waals surface area contributed by atoms with Gasteiger partial charge in [-0.1, -0.05) is 25.1 Å². The van der Waals surface area contributed by atoms with E-state index in [0.29, 0.717) is 11.3 Å². The Balaban J connectivity index is 2.63. The number of anilines is 1. The normalized spacial score (nSPS) is 13.4. The molecule has 1 atom stereocenters. The van der Waals surface area contributed by atoms with Gasteiger partial charge in [-0.25, -0.2) is 13.1 Å². The highest BCUT2D eigenvalue weighted by Crippen LogP contribution is 2.14. The van der Waals surface area contributed by atoms with Crippen LogP contribution in [0, 0.1) is 0 Å². The molecule has 0 aliphatic carbocycles. The van der Waals surface area contributed by atoms with E-state index in [-0.39, 0.29) is 11.8 Å². The van der Waals surface area contributed by atoms with Crippen molar-refractivity contribution in [1.82, 2.24) is 4.72 Å². The van der Waals surface area contributed by atoms with Crippen molar-refractivity contribution in [3.8, 4) is 0 Å². The summed E-state index contributed by atoms with van der Waals surface area (Å²) in [5, 5.41) is 0. The van der Waals surface area contributed by atoms with Crippen LogP contribution in [0.25, 0.3) is 0 Å². The predicted molar refractivity (Wildman–Crippen MR) is 79.1 cm³/mol. The average molecular weight is 288 g/mol. The lowest BCUT2D eigenvalue weighted by Crippen LogP contribution is -2.35. The zero-order valence-electron chi connectivity index (χ0n) is 10.7. The van der Waals surface area contributed by atoms with E-state index in [1.165, 1.54) is 0 Å². The minimum Gasteiger partial charge on any atom is -0.398 e. The third kappa shape index (κ3) is 5.29. The van der Waals surface area contributed by atoms with Crippen molar-refractivity contribution in [1.29, 1.82) is 0 Å². The quantitative estimate of drug-likeness (QED) is 0.751. The first kappa shape index (κ1) is 15.3. The number of sulfonamides is 1. The summed E-state index contributed by atoms with van der Waals surface area (Å²) < 4.78 is 26.6. The second-order valence-electron chi connectivity index (χ2n) is 4.14. The standard InChI is InChI=1S/C12H20N2O2S2/c1-3-17-8-10(2)14-18(15,16)9-11-6-4-5-7-12(11)13/h4-7,10,14H,3,8-9,13H2,1-2H3. The fourth-order valence-electron chi connectivity index (χ4n) is 1.55. The van der Waals surface area contributed by atoms with Crippen molar-refractivity contribution in [2.24, 2.45) is 0 Å². The van der Waals surface area contributed by atoms with Gasteiger partial charge in [-0.2, -0.15) is 11.8 Å². The van der Waals surface area contributed by atoms with Crippen molar-refractivity contribution >= 4 is 27.5 Å². The van der Waals surface area contributed by atoms with Crippen molar-refractivity contribution in [2.75, 3.05) is 17.2 Å². The molecule has 0 heterocycles. The van der Waals surface area contributed by atoms with Gasteiger partial charge < -0.3 is 5.73 Å². The minimum atomic E-state index is -3.33. The van der Waals surface area contributed by atoms with Crippen molar-refractivity contribution in [3.05, 3.63) is 29.8 Å². The summed E-state index contributed by atoms with van der Waals surface area (Å²) in [7, 11) is -3.33. The van der Waals surface area contributed by atoms with Crippen LogP contribution in [0.1, 0.15) is 19.4 Å². The molecule has 1 unspecified atom stereocenters. The van der Waals surface area contributed by atoms with Gasteiger partial charge in [-0.05, 0) is 24.3 Å². The minimum absolute atomic E-state index is 0.0649. The number of rotatable bonds is 7. The maximum absolute atomic E-state index is 11.9. The van der Waals surface area contributed by atoms with Crippen LogP contribution in [0.15, 0.2) is 24.3 Å². The summed E-state index contributed by atoms with van der Waals surface area (Å²) in [6.45, 7) is 3.92. The first-order chi connectivity index (χ1) is 8.44. The number of hydrogen-bond acceptors (Lipinski definition) is 4. The van der Waals surface area contributed by atoms with Crippen LogP contribution in [0.2, 0.25) is 0 Å². The van der Waals surface area contributed by atoms with E-state index in [1.54, 1.807) is 36.0 Å². The zero-order valence-corrected chi connectivity index (χ0v) is 12.4. The number of hydrogen-bond donors (Lipinski definition) is 2. The number of nitrogens with two attached hydrogens (primary N) is 1. The second-order valence-corrected chi connectivity index (χ2v) is 7.21. The Morgan fingerprint density at radius 2 is 2.06 bits per heavy atom. The molecule has 4 nitrogen and oxygen atoms in total. The Hall–Kier alpha value is -0.720. The van der Waals surface area contributed by atoms with Gasteiger partial charge >= 0.3 is 0 Å². The average Bonchev–Trinajstić information content (AvgIpc) is 2.28. The highest BCUT2D eigenvalue weighted by molar-refractivity contribution is 7.99. The molecule has 3 N–H and O–H groups in total. The topological polar surface area (TPSA) is 72.2 Å². The molecular weight excluding hydrogens is 268 g/mol. The molecule has 0 spiro atoms. The highest BCUT2D eigenvalue weighted by atomic mass is 32.2. The second kappa shape index (κ2) is 7.01. The molecule has 0 saturated carbocycles. The maximum Gasteiger partial charge on any atom is 0.216 e. The van der Waals surface area contributed by atoms with Crippen LogP contribution >= 0.6 is 11.8 Å². The van der Waals surface area contributed by atoms with E-state index < -0.39 is 10.0 Å². The molecular formula is C12H20N2O2S2. The molecule has 1 rings (SSSR count). The summed E-state index contributed by atoms with van der Waals surface area (Å²) in [6, 6.07) is 6.96. The van der Waals surface area contributed by atoms with Crippen LogP contribution in [-0.2, 0) is 15.8 Å². The summed E-state index contributed by atoms with van der Waals surface area (Å²) in [4.78, 5) is 0. The Bertz CT molecular complexity index is 475. The van der Waals surface area contributed by atoms with E-state index in [2.05, 4.69) is 11.6 Å². The molecule has 0 bridgehead atoms. The number of nitrogen functional groups attached to an aromatic ring is 1. The van der Waals surface area contributed by atoms with Gasteiger partial charge in [0, 0.05) is 17.5 Å². The third-order valence-corrected chi connectivity index (χ3v) is 4.95. The molecule has 102 valence electrons. The molecule has 0 aliphatic rings. The molecule has 1 aromatic carbocycles. The van der Waals surface area contributed by atoms with E-state index in [4.69, 9.17) is 5.73 Å². The van der Waals surface area contributed by atoms with Gasteiger partial charge in [0.2, 0.25) is 10.0 Å². The summed E-state index contributed by atoms with van der Waals surface area (Å²) >= 11 is 1.71. The molecule has 0 aromatic heterocycles.